The van der Waals surface area contributed by atoms with Crippen molar-refractivity contribution in [3.8, 4) is 0 Å². The Morgan fingerprint density at radius 3 is 2.71 bits per heavy atom. The summed E-state index contributed by atoms with van der Waals surface area (Å²) in [5.74, 6) is 0.229. The van der Waals surface area contributed by atoms with Crippen LogP contribution in [0.15, 0.2) is 0 Å². The summed E-state index contributed by atoms with van der Waals surface area (Å²) in [6, 6.07) is 0.324. The lowest BCUT2D eigenvalue weighted by atomic mass is 9.75. The SMILES string of the molecule is CN(C)C1(CNc2snc(N)c2C(=O)NC2CC2)CCC1. The number of nitrogens with zero attached hydrogens (tertiary/aromatic N) is 2. The molecular formula is C14H23N5OS. The summed E-state index contributed by atoms with van der Waals surface area (Å²) < 4.78 is 4.14. The maximum Gasteiger partial charge on any atom is 0.258 e. The largest absolute Gasteiger partial charge is 0.382 e. The second-order valence-electron chi connectivity index (χ2n) is 6.35. The van der Waals surface area contributed by atoms with E-state index in [1.165, 1.54) is 30.8 Å². The first-order valence-corrected chi connectivity index (χ1v) is 8.26. The molecular weight excluding hydrogens is 286 g/mol. The Balaban J connectivity index is 1.69. The molecule has 21 heavy (non-hydrogen) atoms. The van der Waals surface area contributed by atoms with Crippen molar-refractivity contribution in [2.75, 3.05) is 31.7 Å². The van der Waals surface area contributed by atoms with Crippen LogP contribution in [0.1, 0.15) is 42.5 Å². The maximum absolute atomic E-state index is 12.3. The van der Waals surface area contributed by atoms with Crippen LogP contribution in [-0.2, 0) is 0 Å². The highest BCUT2D eigenvalue weighted by atomic mass is 32.1. The average Bonchev–Trinajstić information content (AvgIpc) is 3.10. The van der Waals surface area contributed by atoms with E-state index in [1.807, 2.05) is 0 Å². The molecule has 1 aromatic rings. The fourth-order valence-electron chi connectivity index (χ4n) is 2.74. The molecule has 1 heterocycles. The van der Waals surface area contributed by atoms with Gasteiger partial charge in [-0.2, -0.15) is 4.37 Å². The number of likely N-dealkylation sites (N-methyl/N-ethyl adjacent to an activating group) is 1. The van der Waals surface area contributed by atoms with Crippen LogP contribution < -0.4 is 16.4 Å². The van der Waals surface area contributed by atoms with Crippen LogP contribution in [-0.4, -0.2) is 47.4 Å². The summed E-state index contributed by atoms with van der Waals surface area (Å²) in [6.07, 6.45) is 5.76. The number of nitrogen functional groups attached to an aromatic ring is 1. The monoisotopic (exact) mass is 309 g/mol. The van der Waals surface area contributed by atoms with Gasteiger partial charge in [0.15, 0.2) is 5.82 Å². The van der Waals surface area contributed by atoms with Gasteiger partial charge >= 0.3 is 0 Å². The molecule has 0 saturated heterocycles. The Hall–Kier alpha value is -1.34. The number of hydrogen-bond donors (Lipinski definition) is 3. The molecule has 2 aliphatic carbocycles. The van der Waals surface area contributed by atoms with E-state index in [-0.39, 0.29) is 11.4 Å². The van der Waals surface area contributed by atoms with Gasteiger partial charge in [-0.15, -0.1) is 0 Å². The van der Waals surface area contributed by atoms with E-state index in [1.54, 1.807) is 0 Å². The molecule has 1 aromatic heterocycles. The van der Waals surface area contributed by atoms with Gasteiger partial charge in [-0.05, 0) is 57.7 Å². The van der Waals surface area contributed by atoms with Crippen LogP contribution in [0.2, 0.25) is 0 Å². The zero-order valence-electron chi connectivity index (χ0n) is 12.6. The molecule has 2 aliphatic rings. The van der Waals surface area contributed by atoms with E-state index in [4.69, 9.17) is 5.73 Å². The van der Waals surface area contributed by atoms with Crippen molar-refractivity contribution in [2.45, 2.75) is 43.7 Å². The third-order valence-electron chi connectivity index (χ3n) is 4.67. The van der Waals surface area contributed by atoms with E-state index < -0.39 is 0 Å². The van der Waals surface area contributed by atoms with E-state index in [0.717, 1.165) is 24.4 Å². The van der Waals surface area contributed by atoms with Crippen molar-refractivity contribution in [3.63, 3.8) is 0 Å². The molecule has 6 nitrogen and oxygen atoms in total. The molecule has 0 bridgehead atoms. The zero-order valence-corrected chi connectivity index (χ0v) is 13.4. The summed E-state index contributed by atoms with van der Waals surface area (Å²) in [4.78, 5) is 14.5. The molecule has 0 atom stereocenters. The highest BCUT2D eigenvalue weighted by molar-refractivity contribution is 7.11. The fourth-order valence-corrected chi connectivity index (χ4v) is 3.45. The quantitative estimate of drug-likeness (QED) is 0.742. The van der Waals surface area contributed by atoms with E-state index in [0.29, 0.717) is 17.4 Å². The minimum Gasteiger partial charge on any atom is -0.382 e. The third-order valence-corrected chi connectivity index (χ3v) is 5.49. The third kappa shape index (κ3) is 2.85. The van der Waals surface area contributed by atoms with Gasteiger partial charge in [0.05, 0.1) is 0 Å². The van der Waals surface area contributed by atoms with Crippen molar-refractivity contribution in [2.24, 2.45) is 0 Å². The average molecular weight is 309 g/mol. The number of aromatic nitrogens is 1. The summed E-state index contributed by atoms with van der Waals surface area (Å²) in [5, 5.41) is 7.18. The highest BCUT2D eigenvalue weighted by Gasteiger charge is 2.39. The van der Waals surface area contributed by atoms with E-state index >= 15 is 0 Å². The molecule has 0 aliphatic heterocycles. The Bertz CT molecular complexity index is 533. The minimum absolute atomic E-state index is 0.0984. The predicted molar refractivity (Wildman–Crippen MR) is 85.8 cm³/mol. The number of carbonyl (C=O) groups is 1. The molecule has 7 heteroatoms. The number of anilines is 2. The van der Waals surface area contributed by atoms with E-state index in [2.05, 4.69) is 34.0 Å². The lowest BCUT2D eigenvalue weighted by Crippen LogP contribution is -2.54. The standard InChI is InChI=1S/C14H23N5OS/c1-19(2)14(6-3-7-14)8-16-13-10(11(15)18-21-13)12(20)17-9-4-5-9/h9,16H,3-8H2,1-2H3,(H2,15,18)(H,17,20). The van der Waals surface area contributed by atoms with Gasteiger partial charge in [-0.25, -0.2) is 0 Å². The first kappa shape index (κ1) is 14.6. The highest BCUT2D eigenvalue weighted by Crippen LogP contribution is 2.37. The second-order valence-corrected chi connectivity index (χ2v) is 7.12. The minimum atomic E-state index is -0.0984. The second kappa shape index (κ2) is 5.46. The van der Waals surface area contributed by atoms with Crippen molar-refractivity contribution >= 4 is 28.3 Å². The summed E-state index contributed by atoms with van der Waals surface area (Å²) in [7, 11) is 4.23. The Labute approximate surface area is 129 Å². The first-order valence-electron chi connectivity index (χ1n) is 7.49. The molecule has 0 aromatic carbocycles. The summed E-state index contributed by atoms with van der Waals surface area (Å²) in [6.45, 7) is 0.825. The molecule has 2 fully saturated rings. The van der Waals surface area contributed by atoms with Gasteiger partial charge in [0, 0.05) is 18.1 Å². The van der Waals surface area contributed by atoms with Crippen molar-refractivity contribution in [1.82, 2.24) is 14.6 Å². The lowest BCUT2D eigenvalue weighted by Gasteiger charge is -2.47. The van der Waals surface area contributed by atoms with Crippen molar-refractivity contribution in [3.05, 3.63) is 5.56 Å². The number of amides is 1. The van der Waals surface area contributed by atoms with Gasteiger partial charge in [-0.3, -0.25) is 4.79 Å². The first-order chi connectivity index (χ1) is 10.0. The maximum atomic E-state index is 12.3. The van der Waals surface area contributed by atoms with Gasteiger partial charge in [-0.1, -0.05) is 0 Å². The van der Waals surface area contributed by atoms with Crippen LogP contribution in [0.25, 0.3) is 0 Å². The van der Waals surface area contributed by atoms with Crippen LogP contribution in [0.5, 0.6) is 0 Å². The number of carbonyl (C=O) groups excluding carboxylic acids is 1. The van der Waals surface area contributed by atoms with Crippen LogP contribution in [0, 0.1) is 0 Å². The Morgan fingerprint density at radius 2 is 2.19 bits per heavy atom. The molecule has 0 unspecified atom stereocenters. The van der Waals surface area contributed by atoms with Crippen LogP contribution in [0.4, 0.5) is 10.8 Å². The molecule has 1 amide bonds. The topological polar surface area (TPSA) is 83.3 Å². The molecule has 3 rings (SSSR count). The van der Waals surface area contributed by atoms with Crippen LogP contribution in [0.3, 0.4) is 0 Å². The number of rotatable bonds is 6. The zero-order chi connectivity index (χ0) is 15.0. The summed E-state index contributed by atoms with van der Waals surface area (Å²) >= 11 is 1.27. The molecule has 116 valence electrons. The molecule has 0 radical (unpaired) electrons. The normalized spacial score (nSPS) is 20.1. The van der Waals surface area contributed by atoms with Crippen molar-refractivity contribution < 1.29 is 4.79 Å². The van der Waals surface area contributed by atoms with E-state index in [9.17, 15) is 4.79 Å². The van der Waals surface area contributed by atoms with Crippen LogP contribution >= 0.6 is 11.5 Å². The Kier molecular flexibility index (Phi) is 3.79. The van der Waals surface area contributed by atoms with Gasteiger partial charge in [0.1, 0.15) is 10.6 Å². The van der Waals surface area contributed by atoms with Crippen molar-refractivity contribution in [1.29, 1.82) is 0 Å². The molecule has 0 spiro atoms. The molecule has 2 saturated carbocycles. The molecule has 4 N–H and O–H groups in total. The van der Waals surface area contributed by atoms with Gasteiger partial charge in [0.25, 0.3) is 5.91 Å². The number of hydrogen-bond acceptors (Lipinski definition) is 6. The Morgan fingerprint density at radius 1 is 1.48 bits per heavy atom. The summed E-state index contributed by atoms with van der Waals surface area (Å²) in [5.41, 5.74) is 6.58. The number of nitrogens with two attached hydrogens (primary N) is 1. The smallest absolute Gasteiger partial charge is 0.258 e. The number of nitrogens with one attached hydrogen (secondary N) is 2. The predicted octanol–water partition coefficient (Wildman–Crippen LogP) is 1.51. The fraction of sp³-hybridized carbons (Fsp3) is 0.714. The lowest BCUT2D eigenvalue weighted by molar-refractivity contribution is 0.0739. The van der Waals surface area contributed by atoms with Gasteiger partial charge in [0.2, 0.25) is 0 Å². The van der Waals surface area contributed by atoms with Gasteiger partial charge < -0.3 is 21.3 Å².